The highest BCUT2D eigenvalue weighted by molar-refractivity contribution is 14.0. The largest absolute Gasteiger partial charge is 0.357 e. The Morgan fingerprint density at radius 1 is 1.15 bits per heavy atom. The van der Waals surface area contributed by atoms with Gasteiger partial charge in [0.05, 0.1) is 6.54 Å². The second-order valence-corrected chi connectivity index (χ2v) is 6.12. The molecule has 0 spiro atoms. The molecule has 2 rings (SSSR count). The van der Waals surface area contributed by atoms with Crippen LogP contribution in [0.4, 0.5) is 4.39 Å². The van der Waals surface area contributed by atoms with Crippen LogP contribution in [0.5, 0.6) is 0 Å². The highest BCUT2D eigenvalue weighted by Crippen LogP contribution is 2.04. The minimum Gasteiger partial charge on any atom is -0.357 e. The molecule has 148 valence electrons. The Hall–Kier alpha value is -1.90. The number of rotatable bonds is 8. The predicted octanol–water partition coefficient (Wildman–Crippen LogP) is 3.45. The third-order valence-electron chi connectivity index (χ3n) is 4.02. The molecule has 0 saturated carbocycles. The Bertz CT molecular complexity index is 792. The second-order valence-electron chi connectivity index (χ2n) is 6.12. The molecule has 7 heteroatoms. The number of aliphatic imine (C=N–C) groups is 1. The number of aryl methyl sites for hydroxylation is 1. The smallest absolute Gasteiger partial charge is 0.250 e. The summed E-state index contributed by atoms with van der Waals surface area (Å²) in [4.78, 5) is 16.3. The summed E-state index contributed by atoms with van der Waals surface area (Å²) in [5, 5.41) is 6.46. The van der Waals surface area contributed by atoms with Gasteiger partial charge in [-0.25, -0.2) is 9.38 Å². The van der Waals surface area contributed by atoms with Gasteiger partial charge in [-0.1, -0.05) is 18.2 Å². The van der Waals surface area contributed by atoms with E-state index < -0.39 is 0 Å². The number of pyridine rings is 1. The Labute approximate surface area is 177 Å². The molecule has 2 N–H and O–H groups in total. The summed E-state index contributed by atoms with van der Waals surface area (Å²) in [6.45, 7) is 6.60. The summed E-state index contributed by atoms with van der Waals surface area (Å²) in [6.07, 6.45) is 1.83. The van der Waals surface area contributed by atoms with Gasteiger partial charge in [0.1, 0.15) is 5.82 Å². The van der Waals surface area contributed by atoms with E-state index in [2.05, 4.69) is 15.6 Å². The number of benzene rings is 1. The molecule has 0 aliphatic rings. The molecule has 0 fully saturated rings. The summed E-state index contributed by atoms with van der Waals surface area (Å²) in [5.41, 5.74) is 1.86. The summed E-state index contributed by atoms with van der Waals surface area (Å²) in [5.74, 6) is 0.465. The summed E-state index contributed by atoms with van der Waals surface area (Å²) in [7, 11) is 0. The molecule has 1 aromatic heterocycles. The van der Waals surface area contributed by atoms with Crippen LogP contribution in [0.3, 0.4) is 0 Å². The molecular formula is C20H28FIN4O. The quantitative estimate of drug-likeness (QED) is 0.260. The predicted molar refractivity (Wildman–Crippen MR) is 119 cm³/mol. The first-order valence-corrected chi connectivity index (χ1v) is 9.03. The molecule has 1 heterocycles. The van der Waals surface area contributed by atoms with E-state index in [4.69, 9.17) is 0 Å². The third kappa shape index (κ3) is 8.11. The zero-order chi connectivity index (χ0) is 18.8. The average molecular weight is 486 g/mol. The molecule has 0 radical (unpaired) electrons. The first-order valence-electron chi connectivity index (χ1n) is 9.03. The number of unbranched alkanes of at least 4 members (excludes halogenated alkanes) is 1. The molecule has 0 aliphatic heterocycles. The van der Waals surface area contributed by atoms with Gasteiger partial charge in [-0.05, 0) is 50.5 Å². The molecular weight excluding hydrogens is 458 g/mol. The van der Waals surface area contributed by atoms with Crippen molar-refractivity contribution in [2.45, 2.75) is 39.8 Å². The number of hydrogen-bond donors (Lipinski definition) is 2. The molecule has 0 amide bonds. The van der Waals surface area contributed by atoms with E-state index in [0.717, 1.165) is 37.2 Å². The lowest BCUT2D eigenvalue weighted by Gasteiger charge is -2.12. The summed E-state index contributed by atoms with van der Waals surface area (Å²) >= 11 is 0. The number of hydrogen-bond acceptors (Lipinski definition) is 2. The zero-order valence-corrected chi connectivity index (χ0v) is 18.2. The van der Waals surface area contributed by atoms with Crippen LogP contribution in [0, 0.1) is 12.7 Å². The lowest BCUT2D eigenvalue weighted by Crippen LogP contribution is -2.37. The van der Waals surface area contributed by atoms with E-state index >= 15 is 0 Å². The molecule has 1 aromatic carbocycles. The fourth-order valence-electron chi connectivity index (χ4n) is 2.66. The van der Waals surface area contributed by atoms with E-state index in [1.54, 1.807) is 22.8 Å². The van der Waals surface area contributed by atoms with E-state index in [0.29, 0.717) is 19.0 Å². The van der Waals surface area contributed by atoms with Crippen molar-refractivity contribution in [1.29, 1.82) is 0 Å². The van der Waals surface area contributed by atoms with Crippen LogP contribution in [0.1, 0.15) is 31.0 Å². The van der Waals surface area contributed by atoms with Crippen molar-refractivity contribution < 1.29 is 4.39 Å². The number of guanidine groups is 1. The minimum atomic E-state index is -0.248. The van der Waals surface area contributed by atoms with Gasteiger partial charge < -0.3 is 15.2 Å². The first kappa shape index (κ1) is 23.1. The Balaban J connectivity index is 0.00000364. The van der Waals surface area contributed by atoms with Crippen LogP contribution < -0.4 is 16.2 Å². The molecule has 0 saturated heterocycles. The van der Waals surface area contributed by atoms with E-state index in [9.17, 15) is 9.18 Å². The monoisotopic (exact) mass is 486 g/mol. The lowest BCUT2D eigenvalue weighted by atomic mass is 10.2. The molecule has 2 aromatic rings. The first-order chi connectivity index (χ1) is 12.6. The van der Waals surface area contributed by atoms with Crippen molar-refractivity contribution >= 4 is 29.9 Å². The highest BCUT2D eigenvalue weighted by atomic mass is 127. The van der Waals surface area contributed by atoms with Crippen LogP contribution in [-0.4, -0.2) is 23.6 Å². The number of aromatic nitrogens is 1. The van der Waals surface area contributed by atoms with E-state index in [-0.39, 0.29) is 35.4 Å². The Kier molecular flexibility index (Phi) is 10.7. The van der Waals surface area contributed by atoms with Crippen molar-refractivity contribution in [3.8, 4) is 0 Å². The van der Waals surface area contributed by atoms with Gasteiger partial charge >= 0.3 is 0 Å². The fourth-order valence-corrected chi connectivity index (χ4v) is 2.66. The molecule has 27 heavy (non-hydrogen) atoms. The number of nitrogens with zero attached hydrogens (tertiary/aromatic N) is 2. The van der Waals surface area contributed by atoms with E-state index in [1.165, 1.54) is 12.1 Å². The van der Waals surface area contributed by atoms with Crippen LogP contribution in [-0.2, 0) is 13.1 Å². The maximum absolute atomic E-state index is 13.2. The summed E-state index contributed by atoms with van der Waals surface area (Å²) in [6, 6.07) is 11.8. The minimum absolute atomic E-state index is 0. The van der Waals surface area contributed by atoms with Crippen molar-refractivity contribution in [2.75, 3.05) is 13.1 Å². The van der Waals surface area contributed by atoms with Gasteiger partial charge in [-0.3, -0.25) is 4.79 Å². The zero-order valence-electron chi connectivity index (χ0n) is 15.9. The molecule has 0 bridgehead atoms. The van der Waals surface area contributed by atoms with Crippen LogP contribution in [0.25, 0.3) is 0 Å². The maximum atomic E-state index is 13.2. The topological polar surface area (TPSA) is 58.4 Å². The van der Waals surface area contributed by atoms with Gasteiger partial charge in [-0.15, -0.1) is 24.0 Å². The number of halogens is 2. The van der Waals surface area contributed by atoms with Gasteiger partial charge in [-0.2, -0.15) is 0 Å². The van der Waals surface area contributed by atoms with Crippen molar-refractivity contribution in [3.63, 3.8) is 0 Å². The molecule has 0 atom stereocenters. The Morgan fingerprint density at radius 3 is 2.63 bits per heavy atom. The number of nitrogens with one attached hydrogen (secondary N) is 2. The van der Waals surface area contributed by atoms with Crippen molar-refractivity contribution in [3.05, 3.63) is 69.9 Å². The normalized spacial score (nSPS) is 11.0. The fraction of sp³-hybridized carbons (Fsp3) is 0.400. The molecule has 0 unspecified atom stereocenters. The van der Waals surface area contributed by atoms with Gasteiger partial charge in [0.2, 0.25) is 0 Å². The summed E-state index contributed by atoms with van der Waals surface area (Å²) < 4.78 is 15.0. The van der Waals surface area contributed by atoms with Gasteiger partial charge in [0, 0.05) is 31.4 Å². The van der Waals surface area contributed by atoms with Gasteiger partial charge in [0.25, 0.3) is 5.56 Å². The van der Waals surface area contributed by atoms with Crippen LogP contribution in [0.15, 0.2) is 52.3 Å². The highest BCUT2D eigenvalue weighted by Gasteiger charge is 2.01. The average Bonchev–Trinajstić information content (AvgIpc) is 2.61. The maximum Gasteiger partial charge on any atom is 0.250 e. The van der Waals surface area contributed by atoms with Gasteiger partial charge in [0.15, 0.2) is 5.96 Å². The van der Waals surface area contributed by atoms with Crippen LogP contribution >= 0.6 is 24.0 Å². The SMILES string of the molecule is CCNC(=NCc1cccc(F)c1)NCCCCn1c(C)cccc1=O.I. The standard InChI is InChI=1S/C20H27FN4O.HI/c1-3-22-20(24-15-17-9-7-10-18(21)14-17)23-12-4-5-13-25-16(2)8-6-11-19(25)26;/h6-11,14H,3-5,12-13,15H2,1-2H3,(H2,22,23,24);1H. The third-order valence-corrected chi connectivity index (χ3v) is 4.02. The molecule has 0 aliphatic carbocycles. The Morgan fingerprint density at radius 2 is 1.93 bits per heavy atom. The van der Waals surface area contributed by atoms with Crippen molar-refractivity contribution in [1.82, 2.24) is 15.2 Å². The van der Waals surface area contributed by atoms with Crippen molar-refractivity contribution in [2.24, 2.45) is 4.99 Å². The van der Waals surface area contributed by atoms with E-state index in [1.807, 2.05) is 26.0 Å². The lowest BCUT2D eigenvalue weighted by molar-refractivity contribution is 0.575. The second kappa shape index (κ2) is 12.5. The molecule has 5 nitrogen and oxygen atoms in total. The van der Waals surface area contributed by atoms with Crippen LogP contribution in [0.2, 0.25) is 0 Å².